The zero-order chi connectivity index (χ0) is 12.8. The van der Waals surface area contributed by atoms with E-state index in [9.17, 15) is 9.59 Å². The third kappa shape index (κ3) is 4.51. The van der Waals surface area contributed by atoms with Crippen molar-refractivity contribution in [3.63, 3.8) is 0 Å². The van der Waals surface area contributed by atoms with Crippen LogP contribution in [0.3, 0.4) is 0 Å². The highest BCUT2D eigenvalue weighted by molar-refractivity contribution is 5.89. The average Bonchev–Trinajstić information content (AvgIpc) is 2.26. The third-order valence-electron chi connectivity index (χ3n) is 2.15. The molecule has 2 N–H and O–H groups in total. The van der Waals surface area contributed by atoms with Gasteiger partial charge in [-0.3, -0.25) is 4.79 Å². The first kappa shape index (κ1) is 13.0. The number of carbonyl (C=O) groups excluding carboxylic acids is 2. The number of hydrogen-bond donors (Lipinski definition) is 1. The molecule has 1 aromatic carbocycles. The molecule has 0 spiro atoms. The highest BCUT2D eigenvalue weighted by atomic mass is 16.5. The molecule has 1 atom stereocenters. The van der Waals surface area contributed by atoms with Gasteiger partial charge in [0.05, 0.1) is 0 Å². The summed E-state index contributed by atoms with van der Waals surface area (Å²) in [6, 6.07) is 7.66. The Bertz CT molecular complexity index is 452. The van der Waals surface area contributed by atoms with E-state index in [-0.39, 0.29) is 0 Å². The molecule has 1 aromatic rings. The van der Waals surface area contributed by atoms with Crippen molar-refractivity contribution in [3.8, 4) is 0 Å². The lowest BCUT2D eigenvalue weighted by atomic mass is 10.1. The van der Waals surface area contributed by atoms with Gasteiger partial charge in [0.15, 0.2) is 6.10 Å². The Balaban J connectivity index is 2.59. The maximum absolute atomic E-state index is 11.3. The predicted octanol–water partition coefficient (Wildman–Crippen LogP) is 1.43. The van der Waals surface area contributed by atoms with Gasteiger partial charge in [0.1, 0.15) is 0 Å². The van der Waals surface area contributed by atoms with Crippen molar-refractivity contribution >= 4 is 18.0 Å². The van der Waals surface area contributed by atoms with E-state index >= 15 is 0 Å². The summed E-state index contributed by atoms with van der Waals surface area (Å²) in [4.78, 5) is 22.0. The van der Waals surface area contributed by atoms with Gasteiger partial charge in [0.25, 0.3) is 5.91 Å². The van der Waals surface area contributed by atoms with Gasteiger partial charge in [-0.1, -0.05) is 29.8 Å². The van der Waals surface area contributed by atoms with Crippen LogP contribution in [0.5, 0.6) is 0 Å². The molecule has 0 aromatic heterocycles. The number of hydrogen-bond acceptors (Lipinski definition) is 3. The Morgan fingerprint density at radius 2 is 2.12 bits per heavy atom. The van der Waals surface area contributed by atoms with Crippen molar-refractivity contribution in [2.24, 2.45) is 5.73 Å². The smallest absolute Gasteiger partial charge is 0.331 e. The second-order valence-electron chi connectivity index (χ2n) is 3.73. The molecule has 0 bridgehead atoms. The zero-order valence-corrected chi connectivity index (χ0v) is 9.84. The Kier molecular flexibility index (Phi) is 4.46. The van der Waals surface area contributed by atoms with Crippen LogP contribution in [0.1, 0.15) is 18.1 Å². The molecule has 0 fully saturated rings. The van der Waals surface area contributed by atoms with E-state index in [0.717, 1.165) is 11.1 Å². The highest BCUT2D eigenvalue weighted by Crippen LogP contribution is 2.06. The molecule has 1 amide bonds. The number of ether oxygens (including phenoxy) is 1. The van der Waals surface area contributed by atoms with E-state index in [1.165, 1.54) is 13.0 Å². The number of esters is 1. The van der Waals surface area contributed by atoms with Crippen molar-refractivity contribution in [1.82, 2.24) is 0 Å². The first-order valence-corrected chi connectivity index (χ1v) is 5.23. The Morgan fingerprint density at radius 1 is 1.41 bits per heavy atom. The molecule has 0 aliphatic heterocycles. The molecular formula is C13H15NO3. The Hall–Kier alpha value is -2.10. The van der Waals surface area contributed by atoms with Crippen LogP contribution in [0.4, 0.5) is 0 Å². The molecule has 1 rings (SSSR count). The third-order valence-corrected chi connectivity index (χ3v) is 2.15. The maximum Gasteiger partial charge on any atom is 0.331 e. The molecule has 4 heteroatoms. The SMILES string of the molecule is Cc1cccc(/C=C/C(=O)O[C@H](C)C(N)=O)c1. The molecule has 0 unspecified atom stereocenters. The fourth-order valence-corrected chi connectivity index (χ4v) is 1.21. The molecule has 4 nitrogen and oxygen atoms in total. The summed E-state index contributed by atoms with van der Waals surface area (Å²) in [5.74, 6) is -1.25. The number of aryl methyl sites for hydroxylation is 1. The summed E-state index contributed by atoms with van der Waals surface area (Å²) < 4.78 is 4.76. The minimum absolute atomic E-state index is 0.585. The summed E-state index contributed by atoms with van der Waals surface area (Å²) in [5.41, 5.74) is 6.97. The van der Waals surface area contributed by atoms with Gasteiger partial charge in [-0.15, -0.1) is 0 Å². The quantitative estimate of drug-likeness (QED) is 0.631. The van der Waals surface area contributed by atoms with Gasteiger partial charge in [0.2, 0.25) is 0 Å². The monoisotopic (exact) mass is 233 g/mol. The van der Waals surface area contributed by atoms with E-state index in [2.05, 4.69) is 0 Å². The van der Waals surface area contributed by atoms with Crippen LogP contribution in [0, 0.1) is 6.92 Å². The lowest BCUT2D eigenvalue weighted by molar-refractivity contribution is -0.148. The van der Waals surface area contributed by atoms with Gasteiger partial charge in [-0.05, 0) is 25.5 Å². The summed E-state index contributed by atoms with van der Waals surface area (Å²) in [6.07, 6.45) is 1.99. The summed E-state index contributed by atoms with van der Waals surface area (Å²) in [6.45, 7) is 3.39. The van der Waals surface area contributed by atoms with Crippen molar-refractivity contribution in [2.75, 3.05) is 0 Å². The maximum atomic E-state index is 11.3. The molecule has 0 saturated heterocycles. The number of carbonyl (C=O) groups is 2. The van der Waals surface area contributed by atoms with Gasteiger partial charge in [-0.25, -0.2) is 4.79 Å². The standard InChI is InChI=1S/C13H15NO3/c1-9-4-3-5-11(8-9)6-7-12(15)17-10(2)13(14)16/h3-8,10H,1-2H3,(H2,14,16)/b7-6+/t10-/m1/s1. The normalized spacial score (nSPS) is 12.4. The van der Waals surface area contributed by atoms with Crippen LogP contribution in [0.15, 0.2) is 30.3 Å². The summed E-state index contributed by atoms with van der Waals surface area (Å²) in [7, 11) is 0. The molecule has 0 aliphatic carbocycles. The second-order valence-corrected chi connectivity index (χ2v) is 3.73. The van der Waals surface area contributed by atoms with Crippen LogP contribution >= 0.6 is 0 Å². The molecule has 17 heavy (non-hydrogen) atoms. The molecular weight excluding hydrogens is 218 g/mol. The number of nitrogens with two attached hydrogens (primary N) is 1. The molecule has 0 heterocycles. The Labute approximate surface area is 100 Å². The molecule has 0 saturated carbocycles. The molecule has 90 valence electrons. The van der Waals surface area contributed by atoms with Crippen molar-refractivity contribution < 1.29 is 14.3 Å². The fourth-order valence-electron chi connectivity index (χ4n) is 1.21. The predicted molar refractivity (Wildman–Crippen MR) is 65.0 cm³/mol. The van der Waals surface area contributed by atoms with Gasteiger partial charge < -0.3 is 10.5 Å². The number of rotatable bonds is 4. The first-order valence-electron chi connectivity index (χ1n) is 5.23. The van der Waals surface area contributed by atoms with Crippen LogP contribution in [-0.2, 0) is 14.3 Å². The summed E-state index contributed by atoms with van der Waals surface area (Å²) in [5, 5.41) is 0. The minimum atomic E-state index is -0.912. The lowest BCUT2D eigenvalue weighted by Gasteiger charge is -2.06. The van der Waals surface area contributed by atoms with Gasteiger partial charge in [0, 0.05) is 6.08 Å². The fraction of sp³-hybridized carbons (Fsp3) is 0.231. The number of primary amides is 1. The van der Waals surface area contributed by atoms with Crippen molar-refractivity contribution in [3.05, 3.63) is 41.5 Å². The largest absolute Gasteiger partial charge is 0.449 e. The lowest BCUT2D eigenvalue weighted by Crippen LogP contribution is -2.29. The van der Waals surface area contributed by atoms with E-state index < -0.39 is 18.0 Å². The van der Waals surface area contributed by atoms with Crippen molar-refractivity contribution in [1.29, 1.82) is 0 Å². The number of benzene rings is 1. The minimum Gasteiger partial charge on any atom is -0.449 e. The van der Waals surface area contributed by atoms with Gasteiger partial charge in [-0.2, -0.15) is 0 Å². The summed E-state index contributed by atoms with van der Waals surface area (Å²) >= 11 is 0. The van der Waals surface area contributed by atoms with Crippen LogP contribution < -0.4 is 5.73 Å². The van der Waals surface area contributed by atoms with Gasteiger partial charge >= 0.3 is 5.97 Å². The van der Waals surface area contributed by atoms with Crippen LogP contribution in [0.2, 0.25) is 0 Å². The Morgan fingerprint density at radius 3 is 2.71 bits per heavy atom. The van der Waals surface area contributed by atoms with E-state index in [0.29, 0.717) is 0 Å². The zero-order valence-electron chi connectivity index (χ0n) is 9.84. The van der Waals surface area contributed by atoms with E-state index in [1.54, 1.807) is 6.08 Å². The molecule has 0 aliphatic rings. The first-order chi connectivity index (χ1) is 7.99. The number of amides is 1. The average molecular weight is 233 g/mol. The van der Waals surface area contributed by atoms with E-state index in [1.807, 2.05) is 31.2 Å². The van der Waals surface area contributed by atoms with Crippen molar-refractivity contribution in [2.45, 2.75) is 20.0 Å². The van der Waals surface area contributed by atoms with Crippen LogP contribution in [-0.4, -0.2) is 18.0 Å². The second kappa shape index (κ2) is 5.84. The van der Waals surface area contributed by atoms with E-state index in [4.69, 9.17) is 10.5 Å². The van der Waals surface area contributed by atoms with Crippen LogP contribution in [0.25, 0.3) is 6.08 Å². The highest BCUT2D eigenvalue weighted by Gasteiger charge is 2.11. The topological polar surface area (TPSA) is 69.4 Å². The molecule has 0 radical (unpaired) electrons.